The van der Waals surface area contributed by atoms with Gasteiger partial charge in [-0.15, -0.1) is 0 Å². The SMILES string of the molecule is CC(Br)C(Br)C=O. The summed E-state index contributed by atoms with van der Waals surface area (Å²) in [6.45, 7) is 1.91. The molecule has 42 valence electrons. The molecule has 2 atom stereocenters. The van der Waals surface area contributed by atoms with Gasteiger partial charge in [-0.1, -0.05) is 38.8 Å². The summed E-state index contributed by atoms with van der Waals surface area (Å²) in [6.07, 6.45) is 0.861. The highest BCUT2D eigenvalue weighted by Crippen LogP contribution is 2.09. The standard InChI is InChI=1S/C4H6Br2O/c1-3(5)4(6)2-7/h2-4H,1H3. The van der Waals surface area contributed by atoms with Gasteiger partial charge in [0.05, 0.1) is 4.83 Å². The lowest BCUT2D eigenvalue weighted by Crippen LogP contribution is -2.09. The zero-order valence-electron chi connectivity index (χ0n) is 3.90. The summed E-state index contributed by atoms with van der Waals surface area (Å²) < 4.78 is 0. The third-order valence-corrected chi connectivity index (χ3v) is 2.86. The normalized spacial score (nSPS) is 18.1. The van der Waals surface area contributed by atoms with E-state index in [-0.39, 0.29) is 9.65 Å². The second-order valence-corrected chi connectivity index (χ2v) is 3.76. The van der Waals surface area contributed by atoms with Gasteiger partial charge in [0, 0.05) is 4.83 Å². The van der Waals surface area contributed by atoms with Gasteiger partial charge in [-0.25, -0.2) is 0 Å². The smallest absolute Gasteiger partial charge is 0.134 e. The van der Waals surface area contributed by atoms with Crippen LogP contribution in [0.25, 0.3) is 0 Å². The minimum Gasteiger partial charge on any atom is -0.302 e. The van der Waals surface area contributed by atoms with E-state index >= 15 is 0 Å². The molecule has 0 aromatic heterocycles. The maximum Gasteiger partial charge on any atom is 0.134 e. The molecule has 0 heterocycles. The molecule has 0 aromatic rings. The van der Waals surface area contributed by atoms with Crippen molar-refractivity contribution >= 4 is 38.1 Å². The van der Waals surface area contributed by atoms with E-state index in [1.165, 1.54) is 0 Å². The van der Waals surface area contributed by atoms with Crippen LogP contribution in [0.1, 0.15) is 6.92 Å². The Morgan fingerprint density at radius 3 is 2.00 bits per heavy atom. The van der Waals surface area contributed by atoms with Crippen molar-refractivity contribution in [2.75, 3.05) is 0 Å². The van der Waals surface area contributed by atoms with E-state index in [1.807, 2.05) is 6.92 Å². The number of alkyl halides is 2. The second kappa shape index (κ2) is 3.61. The lowest BCUT2D eigenvalue weighted by Gasteiger charge is -1.99. The van der Waals surface area contributed by atoms with Gasteiger partial charge in [0.25, 0.3) is 0 Å². The predicted octanol–water partition coefficient (Wildman–Crippen LogP) is 1.73. The average molecular weight is 230 g/mol. The summed E-state index contributed by atoms with van der Waals surface area (Å²) in [4.78, 5) is 10.0. The van der Waals surface area contributed by atoms with Crippen molar-refractivity contribution in [1.29, 1.82) is 0 Å². The first kappa shape index (κ1) is 7.63. The second-order valence-electron chi connectivity index (χ2n) is 1.26. The zero-order chi connectivity index (χ0) is 5.86. The van der Waals surface area contributed by atoms with Crippen LogP contribution in [0.5, 0.6) is 0 Å². The Hall–Kier alpha value is 0.630. The Morgan fingerprint density at radius 1 is 1.57 bits per heavy atom. The Balaban J connectivity index is 3.33. The van der Waals surface area contributed by atoms with Crippen molar-refractivity contribution in [2.45, 2.75) is 16.6 Å². The molecule has 0 aliphatic heterocycles. The zero-order valence-corrected chi connectivity index (χ0v) is 7.07. The van der Waals surface area contributed by atoms with Gasteiger partial charge in [0.2, 0.25) is 0 Å². The lowest BCUT2D eigenvalue weighted by atomic mass is 10.4. The van der Waals surface area contributed by atoms with E-state index in [9.17, 15) is 4.79 Å². The van der Waals surface area contributed by atoms with E-state index in [2.05, 4.69) is 31.9 Å². The van der Waals surface area contributed by atoms with Gasteiger partial charge in [-0.2, -0.15) is 0 Å². The van der Waals surface area contributed by atoms with Crippen molar-refractivity contribution in [3.8, 4) is 0 Å². The molecule has 0 fully saturated rings. The average Bonchev–Trinajstić information content (AvgIpc) is 1.65. The monoisotopic (exact) mass is 228 g/mol. The first-order valence-electron chi connectivity index (χ1n) is 1.92. The Bertz CT molecular complexity index is 62.7. The summed E-state index contributed by atoms with van der Waals surface area (Å²) in [5.41, 5.74) is 0. The summed E-state index contributed by atoms with van der Waals surface area (Å²) in [5.74, 6) is 0. The van der Waals surface area contributed by atoms with Gasteiger partial charge >= 0.3 is 0 Å². The number of rotatable bonds is 2. The van der Waals surface area contributed by atoms with Crippen molar-refractivity contribution in [3.63, 3.8) is 0 Å². The van der Waals surface area contributed by atoms with Crippen molar-refractivity contribution in [1.82, 2.24) is 0 Å². The number of hydrogen-bond donors (Lipinski definition) is 0. The minimum absolute atomic E-state index is 0.0486. The first-order valence-corrected chi connectivity index (χ1v) is 3.75. The summed E-state index contributed by atoms with van der Waals surface area (Å²) in [6, 6.07) is 0. The molecule has 1 nitrogen and oxygen atoms in total. The highest BCUT2D eigenvalue weighted by atomic mass is 79.9. The van der Waals surface area contributed by atoms with Crippen molar-refractivity contribution in [2.24, 2.45) is 0 Å². The molecular weight excluding hydrogens is 224 g/mol. The van der Waals surface area contributed by atoms with E-state index in [1.54, 1.807) is 0 Å². The molecule has 0 amide bonds. The molecule has 0 saturated heterocycles. The molecule has 3 heteroatoms. The topological polar surface area (TPSA) is 17.1 Å². The predicted molar refractivity (Wildman–Crippen MR) is 37.2 cm³/mol. The molecule has 7 heavy (non-hydrogen) atoms. The van der Waals surface area contributed by atoms with Gasteiger partial charge in [0.1, 0.15) is 6.29 Å². The lowest BCUT2D eigenvalue weighted by molar-refractivity contribution is -0.107. The Morgan fingerprint density at radius 2 is 2.00 bits per heavy atom. The van der Waals surface area contributed by atoms with Crippen LogP contribution in [0.3, 0.4) is 0 Å². The maximum atomic E-state index is 9.87. The molecule has 0 radical (unpaired) electrons. The molecule has 2 unspecified atom stereocenters. The van der Waals surface area contributed by atoms with Gasteiger partial charge in [-0.3, -0.25) is 0 Å². The van der Waals surface area contributed by atoms with E-state index in [4.69, 9.17) is 0 Å². The van der Waals surface area contributed by atoms with E-state index in [0.29, 0.717) is 0 Å². The van der Waals surface area contributed by atoms with Crippen LogP contribution in [0.15, 0.2) is 0 Å². The van der Waals surface area contributed by atoms with Crippen LogP contribution in [-0.2, 0) is 4.79 Å². The Kier molecular flexibility index (Phi) is 3.93. The summed E-state index contributed by atoms with van der Waals surface area (Å²) in [7, 11) is 0. The molecular formula is C4H6Br2O. The van der Waals surface area contributed by atoms with Gasteiger partial charge < -0.3 is 4.79 Å². The molecule has 0 aliphatic carbocycles. The van der Waals surface area contributed by atoms with Crippen LogP contribution in [0, 0.1) is 0 Å². The number of carbonyl (C=O) groups is 1. The van der Waals surface area contributed by atoms with Crippen LogP contribution in [0.4, 0.5) is 0 Å². The fourth-order valence-electron chi connectivity index (χ4n) is 0.108. The van der Waals surface area contributed by atoms with Gasteiger partial charge in [-0.05, 0) is 0 Å². The molecule has 0 bridgehead atoms. The van der Waals surface area contributed by atoms with Crippen LogP contribution in [-0.4, -0.2) is 15.9 Å². The third-order valence-electron chi connectivity index (χ3n) is 0.569. The highest BCUT2D eigenvalue weighted by Gasteiger charge is 2.06. The molecule has 0 saturated carbocycles. The highest BCUT2D eigenvalue weighted by molar-refractivity contribution is 9.12. The first-order chi connectivity index (χ1) is 3.18. The third kappa shape index (κ3) is 3.23. The number of aldehydes is 1. The molecule has 0 rings (SSSR count). The van der Waals surface area contributed by atoms with Crippen molar-refractivity contribution < 1.29 is 4.79 Å². The number of carbonyl (C=O) groups excluding carboxylic acids is 1. The van der Waals surface area contributed by atoms with Crippen LogP contribution < -0.4 is 0 Å². The summed E-state index contributed by atoms with van der Waals surface area (Å²) >= 11 is 6.35. The quantitative estimate of drug-likeness (QED) is 0.521. The fraction of sp³-hybridized carbons (Fsp3) is 0.750. The molecule has 0 N–H and O–H groups in total. The molecule has 0 aromatic carbocycles. The Labute approximate surface area is 59.7 Å². The van der Waals surface area contributed by atoms with Gasteiger partial charge in [0.15, 0.2) is 0 Å². The van der Waals surface area contributed by atoms with E-state index < -0.39 is 0 Å². The largest absolute Gasteiger partial charge is 0.302 e. The molecule has 0 aliphatic rings. The van der Waals surface area contributed by atoms with E-state index in [0.717, 1.165) is 6.29 Å². The number of halogens is 2. The minimum atomic E-state index is -0.0486. The fourth-order valence-corrected chi connectivity index (χ4v) is 0.233. The molecule has 0 spiro atoms. The van der Waals surface area contributed by atoms with Crippen LogP contribution >= 0.6 is 31.9 Å². The maximum absolute atomic E-state index is 9.87. The summed E-state index contributed by atoms with van der Waals surface area (Å²) in [5, 5.41) is 0. The number of hydrogen-bond acceptors (Lipinski definition) is 1. The van der Waals surface area contributed by atoms with Crippen molar-refractivity contribution in [3.05, 3.63) is 0 Å². The van der Waals surface area contributed by atoms with Crippen LogP contribution in [0.2, 0.25) is 0 Å².